The van der Waals surface area contributed by atoms with Crippen LogP contribution in [0.1, 0.15) is 11.1 Å². The van der Waals surface area contributed by atoms with Gasteiger partial charge in [-0.15, -0.1) is 0 Å². The summed E-state index contributed by atoms with van der Waals surface area (Å²) in [5.74, 6) is 1.48. The second kappa shape index (κ2) is 8.54. The molecule has 26 heavy (non-hydrogen) atoms. The zero-order chi connectivity index (χ0) is 18.4. The molecule has 3 aromatic rings. The number of ether oxygens (including phenoxy) is 2. The molecule has 0 atom stereocenters. The van der Waals surface area contributed by atoms with Crippen LogP contribution in [0.5, 0.6) is 11.5 Å². The average Bonchev–Trinajstić information content (AvgIpc) is 3.10. The number of methoxy groups -OCH3 is 2. The fraction of sp³-hybridized carbons (Fsp3) is 0.286. The summed E-state index contributed by atoms with van der Waals surface area (Å²) in [4.78, 5) is 0. The van der Waals surface area contributed by atoms with Crippen molar-refractivity contribution in [1.29, 1.82) is 0 Å². The van der Waals surface area contributed by atoms with E-state index in [4.69, 9.17) is 9.47 Å². The molecule has 0 radical (unpaired) electrons. The fourth-order valence-corrected chi connectivity index (χ4v) is 2.96. The van der Waals surface area contributed by atoms with E-state index in [0.717, 1.165) is 42.3 Å². The largest absolute Gasteiger partial charge is 0.493 e. The number of benzene rings is 2. The first kappa shape index (κ1) is 18.0. The van der Waals surface area contributed by atoms with Gasteiger partial charge in [0.15, 0.2) is 11.5 Å². The third-order valence-electron chi connectivity index (χ3n) is 4.29. The highest BCUT2D eigenvalue weighted by Crippen LogP contribution is 2.35. The van der Waals surface area contributed by atoms with Crippen molar-refractivity contribution in [2.45, 2.75) is 20.0 Å². The van der Waals surface area contributed by atoms with Gasteiger partial charge in [0.25, 0.3) is 0 Å². The number of nitrogens with zero attached hydrogens (tertiary/aromatic N) is 2. The molecule has 0 fully saturated rings. The lowest BCUT2D eigenvalue weighted by molar-refractivity contribution is 0.354. The van der Waals surface area contributed by atoms with Gasteiger partial charge in [-0.2, -0.15) is 5.10 Å². The molecular formula is C21H25N3O2. The van der Waals surface area contributed by atoms with Gasteiger partial charge in [-0.05, 0) is 41.3 Å². The summed E-state index contributed by atoms with van der Waals surface area (Å²) in [6, 6.07) is 14.4. The second-order valence-corrected chi connectivity index (χ2v) is 6.19. The number of hydrogen-bond acceptors (Lipinski definition) is 4. The Kier molecular flexibility index (Phi) is 5.92. The monoisotopic (exact) mass is 351 g/mol. The summed E-state index contributed by atoms with van der Waals surface area (Å²) in [6.45, 7) is 4.46. The predicted octanol–water partition coefficient (Wildman–Crippen LogP) is 3.67. The van der Waals surface area contributed by atoms with Gasteiger partial charge in [-0.25, -0.2) is 0 Å². The first-order valence-electron chi connectivity index (χ1n) is 8.71. The lowest BCUT2D eigenvalue weighted by atomic mass is 9.98. The zero-order valence-electron chi connectivity index (χ0n) is 15.5. The van der Waals surface area contributed by atoms with Crippen LogP contribution in [0.4, 0.5) is 0 Å². The molecule has 0 spiro atoms. The number of nitrogens with one attached hydrogen (secondary N) is 1. The van der Waals surface area contributed by atoms with E-state index in [1.165, 1.54) is 11.1 Å². The molecule has 1 N–H and O–H groups in total. The van der Waals surface area contributed by atoms with Crippen molar-refractivity contribution >= 4 is 0 Å². The summed E-state index contributed by atoms with van der Waals surface area (Å²) in [7, 11) is 3.33. The molecular weight excluding hydrogens is 326 g/mol. The van der Waals surface area contributed by atoms with Crippen molar-refractivity contribution in [3.8, 4) is 22.6 Å². The maximum Gasteiger partial charge on any atom is 0.161 e. The van der Waals surface area contributed by atoms with Gasteiger partial charge in [0.2, 0.25) is 0 Å². The van der Waals surface area contributed by atoms with Gasteiger partial charge < -0.3 is 14.8 Å². The molecule has 1 aromatic heterocycles. The van der Waals surface area contributed by atoms with Gasteiger partial charge in [0.05, 0.1) is 27.0 Å². The van der Waals surface area contributed by atoms with Crippen molar-refractivity contribution in [1.82, 2.24) is 15.1 Å². The van der Waals surface area contributed by atoms with Crippen LogP contribution in [-0.4, -0.2) is 30.5 Å². The molecule has 1 heterocycles. The summed E-state index contributed by atoms with van der Waals surface area (Å²) in [5, 5.41) is 7.82. The lowest BCUT2D eigenvalue weighted by Crippen LogP contribution is -2.20. The van der Waals surface area contributed by atoms with E-state index in [2.05, 4.69) is 22.5 Å². The highest BCUT2D eigenvalue weighted by molar-refractivity contribution is 5.71. The molecule has 0 amide bonds. The Morgan fingerprint density at radius 3 is 2.42 bits per heavy atom. The minimum Gasteiger partial charge on any atom is -0.493 e. The molecule has 0 unspecified atom stereocenters. The summed E-state index contributed by atoms with van der Waals surface area (Å²) >= 11 is 0. The SMILES string of the molecule is COc1cc(CNCCn2cc(C)cn2)c(-c2ccccc2)cc1OC. The smallest absolute Gasteiger partial charge is 0.161 e. The lowest BCUT2D eigenvalue weighted by Gasteiger charge is -2.16. The van der Waals surface area contributed by atoms with Crippen LogP contribution < -0.4 is 14.8 Å². The van der Waals surface area contributed by atoms with Gasteiger partial charge >= 0.3 is 0 Å². The van der Waals surface area contributed by atoms with Crippen LogP contribution in [0.15, 0.2) is 54.9 Å². The van der Waals surface area contributed by atoms with E-state index in [9.17, 15) is 0 Å². The van der Waals surface area contributed by atoms with Gasteiger partial charge in [0, 0.05) is 19.3 Å². The van der Waals surface area contributed by atoms with E-state index in [-0.39, 0.29) is 0 Å². The van der Waals surface area contributed by atoms with Gasteiger partial charge in [-0.3, -0.25) is 4.68 Å². The Labute approximate surface area is 154 Å². The van der Waals surface area contributed by atoms with Crippen molar-refractivity contribution in [3.63, 3.8) is 0 Å². The Bertz CT molecular complexity index is 844. The minimum absolute atomic E-state index is 0.738. The van der Waals surface area contributed by atoms with Crippen molar-refractivity contribution < 1.29 is 9.47 Å². The maximum absolute atomic E-state index is 5.48. The molecule has 2 aromatic carbocycles. The minimum atomic E-state index is 0.738. The molecule has 5 nitrogen and oxygen atoms in total. The molecule has 0 saturated carbocycles. The van der Waals surface area contributed by atoms with Crippen molar-refractivity contribution in [2.75, 3.05) is 20.8 Å². The summed E-state index contributed by atoms with van der Waals surface area (Å²) < 4.78 is 12.9. The van der Waals surface area contributed by atoms with E-state index in [1.54, 1.807) is 14.2 Å². The Morgan fingerprint density at radius 1 is 1.04 bits per heavy atom. The first-order valence-corrected chi connectivity index (χ1v) is 8.71. The zero-order valence-corrected chi connectivity index (χ0v) is 15.5. The molecule has 0 aliphatic heterocycles. The third kappa shape index (κ3) is 4.24. The Hall–Kier alpha value is -2.79. The molecule has 0 bridgehead atoms. The first-order chi connectivity index (χ1) is 12.7. The number of hydrogen-bond donors (Lipinski definition) is 1. The quantitative estimate of drug-likeness (QED) is 0.629. The number of rotatable bonds is 8. The van der Waals surface area contributed by atoms with Crippen LogP contribution in [0, 0.1) is 6.92 Å². The second-order valence-electron chi connectivity index (χ2n) is 6.19. The molecule has 3 rings (SSSR count). The average molecular weight is 351 g/mol. The molecule has 0 aliphatic rings. The molecule has 136 valence electrons. The van der Waals surface area contributed by atoms with E-state index in [1.807, 2.05) is 54.3 Å². The number of aromatic nitrogens is 2. The predicted molar refractivity (Wildman–Crippen MR) is 104 cm³/mol. The van der Waals surface area contributed by atoms with Crippen LogP contribution in [0.3, 0.4) is 0 Å². The summed E-state index contributed by atoms with van der Waals surface area (Å²) in [5.41, 5.74) is 4.65. The molecule has 0 aliphatic carbocycles. The van der Waals surface area contributed by atoms with E-state index in [0.29, 0.717) is 0 Å². The van der Waals surface area contributed by atoms with Crippen LogP contribution in [-0.2, 0) is 13.1 Å². The standard InChI is InChI=1S/C21H25N3O2/c1-16-13-23-24(15-16)10-9-22-14-18-11-20(25-2)21(26-3)12-19(18)17-7-5-4-6-8-17/h4-8,11-13,15,22H,9-10,14H2,1-3H3. The van der Waals surface area contributed by atoms with Crippen LogP contribution in [0.2, 0.25) is 0 Å². The van der Waals surface area contributed by atoms with E-state index < -0.39 is 0 Å². The fourth-order valence-electron chi connectivity index (χ4n) is 2.96. The van der Waals surface area contributed by atoms with Gasteiger partial charge in [-0.1, -0.05) is 30.3 Å². The highest BCUT2D eigenvalue weighted by Gasteiger charge is 2.12. The topological polar surface area (TPSA) is 48.3 Å². The van der Waals surface area contributed by atoms with Crippen molar-refractivity contribution in [2.24, 2.45) is 0 Å². The van der Waals surface area contributed by atoms with E-state index >= 15 is 0 Å². The molecule has 0 saturated heterocycles. The van der Waals surface area contributed by atoms with Crippen molar-refractivity contribution in [3.05, 3.63) is 66.0 Å². The van der Waals surface area contributed by atoms with Crippen LogP contribution >= 0.6 is 0 Å². The third-order valence-corrected chi connectivity index (χ3v) is 4.29. The Morgan fingerprint density at radius 2 is 1.77 bits per heavy atom. The van der Waals surface area contributed by atoms with Crippen LogP contribution in [0.25, 0.3) is 11.1 Å². The summed E-state index contributed by atoms with van der Waals surface area (Å²) in [6.07, 6.45) is 3.93. The normalized spacial score (nSPS) is 10.7. The number of aryl methyl sites for hydroxylation is 1. The van der Waals surface area contributed by atoms with Gasteiger partial charge in [0.1, 0.15) is 0 Å². The Balaban J connectivity index is 1.77. The highest BCUT2D eigenvalue weighted by atomic mass is 16.5. The maximum atomic E-state index is 5.48. The molecule has 5 heteroatoms.